The maximum atomic E-state index is 14.3. The minimum Gasteiger partial charge on any atom is -0.510 e. The third-order valence-corrected chi connectivity index (χ3v) is 9.03. The van der Waals surface area contributed by atoms with E-state index in [1.54, 1.807) is 23.1 Å². The fourth-order valence-corrected chi connectivity index (χ4v) is 6.72. The number of Topliss-reactive ketones (excluding diaryl/α,β-unsaturated/α-hetero) is 1. The van der Waals surface area contributed by atoms with E-state index in [-0.39, 0.29) is 41.6 Å². The van der Waals surface area contributed by atoms with Crippen LogP contribution in [0.2, 0.25) is 5.02 Å². The Hall–Kier alpha value is -4.08. The van der Waals surface area contributed by atoms with E-state index in [1.165, 1.54) is 0 Å². The number of nitrogens with zero attached hydrogens (tertiary/aromatic N) is 2. The Morgan fingerprint density at radius 3 is 2.62 bits per heavy atom. The molecule has 2 aromatic rings. The zero-order chi connectivity index (χ0) is 33.7. The van der Waals surface area contributed by atoms with Crippen LogP contribution in [-0.2, 0) is 21.0 Å². The lowest BCUT2D eigenvalue weighted by Gasteiger charge is -2.37. The Labute approximate surface area is 282 Å². The Balaban J connectivity index is 1.51. The van der Waals surface area contributed by atoms with Gasteiger partial charge in [0.25, 0.3) is 0 Å². The lowest BCUT2D eigenvalue weighted by Crippen LogP contribution is -2.39. The van der Waals surface area contributed by atoms with Crippen molar-refractivity contribution in [3.63, 3.8) is 0 Å². The van der Waals surface area contributed by atoms with E-state index in [2.05, 4.69) is 10.6 Å². The van der Waals surface area contributed by atoms with Gasteiger partial charge in [-0.3, -0.25) is 19.3 Å². The molecular weight excluding hydrogens is 616 g/mol. The van der Waals surface area contributed by atoms with E-state index in [0.717, 1.165) is 18.5 Å². The lowest BCUT2D eigenvalue weighted by molar-refractivity contribution is -0.133. The molecule has 0 fully saturated rings. The van der Waals surface area contributed by atoms with Gasteiger partial charge in [0.1, 0.15) is 23.8 Å². The van der Waals surface area contributed by atoms with Crippen LogP contribution in [0, 0.1) is 5.41 Å². The molecule has 0 radical (unpaired) electrons. The molecule has 0 saturated carbocycles. The first-order valence-electron chi connectivity index (χ1n) is 16.3. The van der Waals surface area contributed by atoms with Crippen LogP contribution in [0.5, 0.6) is 5.75 Å². The van der Waals surface area contributed by atoms with Crippen LogP contribution in [0.4, 0.5) is 0 Å². The molecule has 0 bridgehead atoms. The molecule has 2 amide bonds. The van der Waals surface area contributed by atoms with Crippen LogP contribution in [0.15, 0.2) is 83.0 Å². The molecular formula is C37H45ClN4O5. The van der Waals surface area contributed by atoms with Gasteiger partial charge in [0.2, 0.25) is 11.8 Å². The number of rotatable bonds is 11. The van der Waals surface area contributed by atoms with Crippen LogP contribution >= 0.6 is 11.6 Å². The van der Waals surface area contributed by atoms with Crippen molar-refractivity contribution in [1.82, 2.24) is 20.4 Å². The van der Waals surface area contributed by atoms with Crippen LogP contribution in [0.3, 0.4) is 0 Å². The maximum Gasteiger partial charge on any atom is 0.228 e. The Morgan fingerprint density at radius 1 is 1.13 bits per heavy atom. The minimum absolute atomic E-state index is 0.0113. The summed E-state index contributed by atoms with van der Waals surface area (Å²) in [5.74, 6) is 0.0262. The van der Waals surface area contributed by atoms with E-state index >= 15 is 0 Å². The molecule has 1 unspecified atom stereocenters. The molecule has 2 aliphatic carbocycles. The molecule has 9 nitrogen and oxygen atoms in total. The summed E-state index contributed by atoms with van der Waals surface area (Å²) in [4.78, 5) is 44.8. The summed E-state index contributed by atoms with van der Waals surface area (Å²) >= 11 is 7.01. The monoisotopic (exact) mass is 660 g/mol. The number of carbonyl (C=O) groups excluding carboxylic acids is 3. The minimum atomic E-state index is -0.873. The normalized spacial score (nSPS) is 19.0. The number of aliphatic hydroxyl groups is 1. The zero-order valence-corrected chi connectivity index (χ0v) is 28.5. The fourth-order valence-electron chi connectivity index (χ4n) is 6.44. The molecule has 250 valence electrons. The SMILES string of the molecule is CN(C)CCCNC(=O)CCC(=O)N1C2=CCCC(O)=C2NC2=C(C(=O)CC(C)(C)C2)C1c1ccc(OCc2ccccc2)cc1Cl. The van der Waals surface area contributed by atoms with Crippen molar-refractivity contribution >= 4 is 29.2 Å². The van der Waals surface area contributed by atoms with Crippen molar-refractivity contribution in [3.05, 3.63) is 99.2 Å². The number of hydrogen-bond acceptors (Lipinski definition) is 7. The standard InChI is InChI=1S/C37H45ClN4O5/c1-37(2)21-28-34(31(44)22-37)36(26-15-14-25(20-27(26)38)47-23-24-10-6-5-7-11-24)42(29-12-8-13-30(43)35(29)40-28)33(46)17-16-32(45)39-18-9-19-41(3)4/h5-7,10-12,14-15,20,36,40,43H,8-9,13,16-19,21-23H2,1-4H3,(H,39,45). The predicted molar refractivity (Wildman–Crippen MR) is 182 cm³/mol. The number of nitrogens with one attached hydrogen (secondary N) is 2. The van der Waals surface area contributed by atoms with Crippen molar-refractivity contribution in [3.8, 4) is 5.75 Å². The number of amides is 2. The molecule has 0 aromatic heterocycles. The van der Waals surface area contributed by atoms with Crippen LogP contribution in [0.25, 0.3) is 0 Å². The number of halogens is 1. The number of benzene rings is 2. The van der Waals surface area contributed by atoms with Gasteiger partial charge in [-0.2, -0.15) is 0 Å². The lowest BCUT2D eigenvalue weighted by atomic mass is 9.73. The molecule has 3 N–H and O–H groups in total. The second-order valence-corrected chi connectivity index (χ2v) is 13.9. The van der Waals surface area contributed by atoms with E-state index in [0.29, 0.717) is 77.8 Å². The van der Waals surface area contributed by atoms with E-state index in [4.69, 9.17) is 16.3 Å². The maximum absolute atomic E-state index is 14.3. The van der Waals surface area contributed by atoms with Gasteiger partial charge < -0.3 is 25.4 Å². The highest BCUT2D eigenvalue weighted by Crippen LogP contribution is 2.49. The van der Waals surface area contributed by atoms with E-state index < -0.39 is 6.04 Å². The number of ether oxygens (including phenoxy) is 1. The number of aliphatic hydroxyl groups excluding tert-OH is 1. The molecule has 10 heteroatoms. The Morgan fingerprint density at radius 2 is 1.89 bits per heavy atom. The van der Waals surface area contributed by atoms with E-state index in [9.17, 15) is 19.5 Å². The Kier molecular flexibility index (Phi) is 10.8. The van der Waals surface area contributed by atoms with Gasteiger partial charge in [0, 0.05) is 48.5 Å². The summed E-state index contributed by atoms with van der Waals surface area (Å²) in [5.41, 5.74) is 3.25. The molecule has 2 aromatic carbocycles. The van der Waals surface area contributed by atoms with Gasteiger partial charge in [-0.15, -0.1) is 0 Å². The van der Waals surface area contributed by atoms with Crippen molar-refractivity contribution in [2.75, 3.05) is 27.2 Å². The number of ketones is 1. The van der Waals surface area contributed by atoms with Crippen molar-refractivity contribution in [2.45, 2.75) is 71.4 Å². The first-order chi connectivity index (χ1) is 22.4. The topological polar surface area (TPSA) is 111 Å². The number of carbonyl (C=O) groups is 3. The van der Waals surface area contributed by atoms with Gasteiger partial charge in [-0.05, 0) is 68.6 Å². The summed E-state index contributed by atoms with van der Waals surface area (Å²) < 4.78 is 6.03. The molecule has 47 heavy (non-hydrogen) atoms. The smallest absolute Gasteiger partial charge is 0.228 e. The van der Waals surface area contributed by atoms with Crippen LogP contribution in [-0.4, -0.2) is 59.7 Å². The molecule has 1 atom stereocenters. The highest BCUT2D eigenvalue weighted by atomic mass is 35.5. The average molecular weight is 661 g/mol. The fraction of sp³-hybridized carbons (Fsp3) is 0.432. The summed E-state index contributed by atoms with van der Waals surface area (Å²) in [7, 11) is 3.95. The highest BCUT2D eigenvalue weighted by molar-refractivity contribution is 6.31. The number of hydrogen-bond donors (Lipinski definition) is 3. The quantitative estimate of drug-likeness (QED) is 0.242. The molecule has 5 rings (SSSR count). The molecule has 0 spiro atoms. The van der Waals surface area contributed by atoms with Gasteiger partial charge in [0.05, 0.1) is 11.7 Å². The van der Waals surface area contributed by atoms with Gasteiger partial charge in [-0.25, -0.2) is 0 Å². The molecule has 1 aliphatic heterocycles. The van der Waals surface area contributed by atoms with Crippen LogP contribution < -0.4 is 15.4 Å². The second-order valence-electron chi connectivity index (χ2n) is 13.5. The first-order valence-corrected chi connectivity index (χ1v) is 16.7. The van der Waals surface area contributed by atoms with Crippen molar-refractivity contribution < 1.29 is 24.2 Å². The zero-order valence-electron chi connectivity index (χ0n) is 27.7. The van der Waals surface area contributed by atoms with Crippen molar-refractivity contribution in [1.29, 1.82) is 0 Å². The molecule has 3 aliphatic rings. The average Bonchev–Trinajstić information content (AvgIpc) is 3.16. The van der Waals surface area contributed by atoms with Crippen LogP contribution in [0.1, 0.15) is 76.0 Å². The summed E-state index contributed by atoms with van der Waals surface area (Å²) in [6, 6.07) is 14.2. The van der Waals surface area contributed by atoms with Gasteiger partial charge in [-0.1, -0.05) is 67.9 Å². The summed E-state index contributed by atoms with van der Waals surface area (Å²) in [5, 5.41) is 17.8. The van der Waals surface area contributed by atoms with Gasteiger partial charge in [0.15, 0.2) is 5.78 Å². The second kappa shape index (κ2) is 14.8. The van der Waals surface area contributed by atoms with E-state index in [1.807, 2.05) is 69.3 Å². The number of allylic oxidation sites excluding steroid dienone is 3. The Bertz CT molecular complexity index is 1610. The first kappa shape index (κ1) is 34.3. The van der Waals surface area contributed by atoms with Crippen molar-refractivity contribution in [2.24, 2.45) is 5.41 Å². The largest absolute Gasteiger partial charge is 0.510 e. The third-order valence-electron chi connectivity index (χ3n) is 8.70. The number of fused-ring (bicyclic) bond motifs is 1. The predicted octanol–water partition coefficient (Wildman–Crippen LogP) is 6.33. The summed E-state index contributed by atoms with van der Waals surface area (Å²) in [6.07, 6.45) is 4.37. The molecule has 1 heterocycles. The highest BCUT2D eigenvalue weighted by Gasteiger charge is 2.45. The van der Waals surface area contributed by atoms with Gasteiger partial charge >= 0.3 is 0 Å². The molecule has 0 saturated heterocycles. The summed E-state index contributed by atoms with van der Waals surface area (Å²) in [6.45, 7) is 5.78. The third kappa shape index (κ3) is 8.26.